The van der Waals surface area contributed by atoms with Crippen LogP contribution in [0.15, 0.2) is 0 Å². The molecule has 0 aromatic carbocycles. The summed E-state index contributed by atoms with van der Waals surface area (Å²) >= 11 is 1.40. The zero-order chi connectivity index (χ0) is 15.6. The zero-order valence-corrected chi connectivity index (χ0v) is 13.3. The highest BCUT2D eigenvalue weighted by Gasteiger charge is 2.26. The van der Waals surface area contributed by atoms with E-state index in [0.29, 0.717) is 42.5 Å². The number of nitrogen functional groups attached to an aromatic ring is 1. The number of fused-ring (bicyclic) bond motifs is 1. The number of hydrogen-bond acceptors (Lipinski definition) is 5. The van der Waals surface area contributed by atoms with Crippen molar-refractivity contribution in [1.82, 2.24) is 10.2 Å². The lowest BCUT2D eigenvalue weighted by molar-refractivity contribution is -0.122. The second-order valence-corrected chi connectivity index (χ2v) is 6.90. The van der Waals surface area contributed by atoms with E-state index in [1.54, 1.807) is 0 Å². The van der Waals surface area contributed by atoms with Gasteiger partial charge in [-0.2, -0.15) is 0 Å². The number of amides is 2. The molecule has 0 saturated heterocycles. The minimum absolute atomic E-state index is 0.0341. The molecule has 116 valence electrons. The number of nitrogens with two attached hydrogens (primary N) is 2. The van der Waals surface area contributed by atoms with Crippen LogP contribution >= 0.6 is 11.3 Å². The molecule has 6 nitrogen and oxygen atoms in total. The standard InChI is InChI=1S/C14H22N4O2S/c1-8(2)5-17-11(19)7-18-4-3-9-10(6-18)21-14(16)12(9)13(15)20/h8H,3-7,16H2,1-2H3,(H2,15,20)(H,17,19). The maximum absolute atomic E-state index is 11.9. The van der Waals surface area contributed by atoms with Crippen LogP contribution in [0.3, 0.4) is 0 Å². The molecule has 0 saturated carbocycles. The van der Waals surface area contributed by atoms with Gasteiger partial charge in [-0.05, 0) is 17.9 Å². The Morgan fingerprint density at radius 2 is 2.14 bits per heavy atom. The van der Waals surface area contributed by atoms with Crippen molar-refractivity contribution in [2.75, 3.05) is 25.4 Å². The SMILES string of the molecule is CC(C)CNC(=O)CN1CCc2c(sc(N)c2C(N)=O)C1. The van der Waals surface area contributed by atoms with Gasteiger partial charge in [0.1, 0.15) is 0 Å². The quantitative estimate of drug-likeness (QED) is 0.739. The second-order valence-electron chi connectivity index (χ2n) is 5.77. The lowest BCUT2D eigenvalue weighted by Crippen LogP contribution is -2.40. The normalized spacial score (nSPS) is 15.0. The molecule has 2 amide bonds. The lowest BCUT2D eigenvalue weighted by Gasteiger charge is -2.26. The Kier molecular flexibility index (Phi) is 4.84. The Bertz CT molecular complexity index is 553. The van der Waals surface area contributed by atoms with Crippen molar-refractivity contribution < 1.29 is 9.59 Å². The number of rotatable bonds is 5. The third-order valence-electron chi connectivity index (χ3n) is 3.48. The van der Waals surface area contributed by atoms with E-state index in [2.05, 4.69) is 24.1 Å². The van der Waals surface area contributed by atoms with Crippen molar-refractivity contribution in [3.8, 4) is 0 Å². The van der Waals surface area contributed by atoms with Gasteiger partial charge in [0.2, 0.25) is 5.91 Å². The van der Waals surface area contributed by atoms with Crippen LogP contribution in [0.4, 0.5) is 5.00 Å². The summed E-state index contributed by atoms with van der Waals surface area (Å²) in [5, 5.41) is 3.40. The third kappa shape index (κ3) is 3.74. The minimum Gasteiger partial charge on any atom is -0.390 e. The van der Waals surface area contributed by atoms with Crippen molar-refractivity contribution in [1.29, 1.82) is 0 Å². The highest BCUT2D eigenvalue weighted by atomic mass is 32.1. The predicted octanol–water partition coefficient (Wildman–Crippen LogP) is 0.560. The largest absolute Gasteiger partial charge is 0.390 e. The van der Waals surface area contributed by atoms with E-state index in [-0.39, 0.29) is 5.91 Å². The van der Waals surface area contributed by atoms with E-state index in [9.17, 15) is 9.59 Å². The summed E-state index contributed by atoms with van der Waals surface area (Å²) < 4.78 is 0. The Morgan fingerprint density at radius 3 is 2.76 bits per heavy atom. The number of hydrogen-bond donors (Lipinski definition) is 3. The third-order valence-corrected chi connectivity index (χ3v) is 4.53. The number of thiophene rings is 1. The first-order valence-corrected chi connectivity index (χ1v) is 7.89. The summed E-state index contributed by atoms with van der Waals surface area (Å²) in [7, 11) is 0. The van der Waals surface area contributed by atoms with Crippen molar-refractivity contribution >= 4 is 28.2 Å². The summed E-state index contributed by atoms with van der Waals surface area (Å²) in [6.07, 6.45) is 0.707. The van der Waals surface area contributed by atoms with Gasteiger partial charge in [0.05, 0.1) is 17.1 Å². The van der Waals surface area contributed by atoms with Crippen molar-refractivity contribution in [2.45, 2.75) is 26.8 Å². The van der Waals surface area contributed by atoms with Gasteiger partial charge in [0.15, 0.2) is 0 Å². The molecule has 0 spiro atoms. The molecule has 1 aliphatic heterocycles. The van der Waals surface area contributed by atoms with Gasteiger partial charge in [0.25, 0.3) is 5.91 Å². The molecule has 0 aliphatic carbocycles. The number of anilines is 1. The zero-order valence-electron chi connectivity index (χ0n) is 12.4. The number of nitrogens with zero attached hydrogens (tertiary/aromatic N) is 1. The Morgan fingerprint density at radius 1 is 1.43 bits per heavy atom. The molecule has 1 aromatic heterocycles. The fourth-order valence-electron chi connectivity index (χ4n) is 2.46. The molecule has 21 heavy (non-hydrogen) atoms. The van der Waals surface area contributed by atoms with Gasteiger partial charge >= 0.3 is 0 Å². The fraction of sp³-hybridized carbons (Fsp3) is 0.571. The van der Waals surface area contributed by atoms with Gasteiger partial charge in [-0.25, -0.2) is 0 Å². The van der Waals surface area contributed by atoms with Crippen molar-refractivity contribution in [2.24, 2.45) is 11.7 Å². The average molecular weight is 310 g/mol. The Hall–Kier alpha value is -1.60. The highest BCUT2D eigenvalue weighted by Crippen LogP contribution is 2.34. The van der Waals surface area contributed by atoms with E-state index in [0.717, 1.165) is 17.0 Å². The topological polar surface area (TPSA) is 101 Å². The summed E-state index contributed by atoms with van der Waals surface area (Å²) in [4.78, 5) is 26.4. The number of carbonyl (C=O) groups excluding carboxylic acids is 2. The molecular weight excluding hydrogens is 288 g/mol. The van der Waals surface area contributed by atoms with Crippen LogP contribution < -0.4 is 16.8 Å². The van der Waals surface area contributed by atoms with E-state index < -0.39 is 5.91 Å². The van der Waals surface area contributed by atoms with E-state index >= 15 is 0 Å². The van der Waals surface area contributed by atoms with Crippen molar-refractivity contribution in [3.05, 3.63) is 16.0 Å². The van der Waals surface area contributed by atoms with Gasteiger partial charge in [-0.3, -0.25) is 14.5 Å². The Labute approximate surface area is 128 Å². The summed E-state index contributed by atoms with van der Waals surface area (Å²) in [6, 6.07) is 0. The number of carbonyl (C=O) groups is 2. The summed E-state index contributed by atoms with van der Waals surface area (Å²) in [6.45, 7) is 6.57. The van der Waals surface area contributed by atoms with Crippen LogP contribution in [0.25, 0.3) is 0 Å². The Balaban J connectivity index is 1.99. The predicted molar refractivity (Wildman–Crippen MR) is 84.1 cm³/mol. The smallest absolute Gasteiger partial charge is 0.251 e. The van der Waals surface area contributed by atoms with Crippen LogP contribution in [0.1, 0.15) is 34.6 Å². The van der Waals surface area contributed by atoms with Gasteiger partial charge in [0, 0.05) is 24.5 Å². The summed E-state index contributed by atoms with van der Waals surface area (Å²) in [5.74, 6) is 0.0112. The molecule has 7 heteroatoms. The molecular formula is C14H22N4O2S. The van der Waals surface area contributed by atoms with Crippen LogP contribution in [-0.2, 0) is 17.8 Å². The average Bonchev–Trinajstić information content (AvgIpc) is 2.71. The molecule has 0 unspecified atom stereocenters. The maximum Gasteiger partial charge on any atom is 0.251 e. The second kappa shape index (κ2) is 6.44. The molecule has 0 radical (unpaired) electrons. The molecule has 2 heterocycles. The fourth-order valence-corrected chi connectivity index (χ4v) is 3.63. The molecule has 1 aromatic rings. The molecule has 0 atom stereocenters. The van der Waals surface area contributed by atoms with E-state index in [1.807, 2.05) is 0 Å². The minimum atomic E-state index is -0.465. The monoisotopic (exact) mass is 310 g/mol. The van der Waals surface area contributed by atoms with E-state index in [1.165, 1.54) is 11.3 Å². The molecule has 5 N–H and O–H groups in total. The van der Waals surface area contributed by atoms with Gasteiger partial charge in [-0.15, -0.1) is 11.3 Å². The van der Waals surface area contributed by atoms with Crippen molar-refractivity contribution in [3.63, 3.8) is 0 Å². The first-order chi connectivity index (χ1) is 9.88. The van der Waals surface area contributed by atoms with Gasteiger partial charge in [-0.1, -0.05) is 13.8 Å². The molecule has 2 rings (SSSR count). The number of nitrogens with one attached hydrogen (secondary N) is 1. The maximum atomic E-state index is 11.9. The summed E-state index contributed by atoms with van der Waals surface area (Å²) in [5.41, 5.74) is 12.7. The first kappa shape index (κ1) is 15.8. The van der Waals surface area contributed by atoms with Crippen LogP contribution in [0, 0.1) is 5.92 Å². The van der Waals surface area contributed by atoms with Crippen LogP contribution in [-0.4, -0.2) is 36.3 Å². The first-order valence-electron chi connectivity index (χ1n) is 7.07. The lowest BCUT2D eigenvalue weighted by atomic mass is 10.0. The highest BCUT2D eigenvalue weighted by molar-refractivity contribution is 7.16. The molecule has 1 aliphatic rings. The van der Waals surface area contributed by atoms with E-state index in [4.69, 9.17) is 11.5 Å². The molecule has 0 bridgehead atoms. The van der Waals surface area contributed by atoms with Gasteiger partial charge < -0.3 is 16.8 Å². The number of primary amides is 1. The molecule has 0 fully saturated rings. The van der Waals surface area contributed by atoms with Crippen LogP contribution in [0.5, 0.6) is 0 Å². The van der Waals surface area contributed by atoms with Crippen LogP contribution in [0.2, 0.25) is 0 Å².